The Morgan fingerprint density at radius 2 is 1.77 bits per heavy atom. The van der Waals surface area contributed by atoms with Gasteiger partial charge in [0.2, 0.25) is 11.8 Å². The quantitative estimate of drug-likeness (QED) is 0.704. The van der Waals surface area contributed by atoms with Crippen LogP contribution in [0.1, 0.15) is 12.0 Å². The van der Waals surface area contributed by atoms with Gasteiger partial charge in [0.15, 0.2) is 0 Å². The Bertz CT molecular complexity index is 894. The van der Waals surface area contributed by atoms with Crippen LogP contribution >= 0.6 is 0 Å². The zero-order chi connectivity index (χ0) is 21.7. The van der Waals surface area contributed by atoms with Gasteiger partial charge >= 0.3 is 0 Å². The van der Waals surface area contributed by atoms with Crippen molar-refractivity contribution in [3.05, 3.63) is 54.1 Å². The Balaban J connectivity index is 1.83. The average molecular weight is 411 g/mol. The summed E-state index contributed by atoms with van der Waals surface area (Å²) >= 11 is 0. The Kier molecular flexibility index (Phi) is 6.77. The topological polar surface area (TPSA) is 59.1 Å². The highest BCUT2D eigenvalue weighted by atomic mass is 16.5. The highest BCUT2D eigenvalue weighted by Gasteiger charge is 2.46. The highest BCUT2D eigenvalue weighted by Crippen LogP contribution is 2.37. The number of benzene rings is 2. The van der Waals surface area contributed by atoms with Gasteiger partial charge in [-0.2, -0.15) is 0 Å². The molecule has 0 bridgehead atoms. The Labute approximate surface area is 178 Å². The first-order chi connectivity index (χ1) is 14.4. The molecular formula is C24H30N2O4. The minimum absolute atomic E-state index is 0.0415. The lowest BCUT2D eigenvalue weighted by Crippen LogP contribution is -2.45. The maximum atomic E-state index is 13.1. The molecule has 0 unspecified atom stereocenters. The first-order valence-corrected chi connectivity index (χ1v) is 10.1. The second kappa shape index (κ2) is 9.30. The molecule has 6 nitrogen and oxygen atoms in total. The van der Waals surface area contributed by atoms with Crippen LogP contribution in [-0.2, 0) is 20.7 Å². The molecule has 2 aromatic carbocycles. The van der Waals surface area contributed by atoms with Crippen LogP contribution in [0.15, 0.2) is 48.5 Å². The Morgan fingerprint density at radius 1 is 1.07 bits per heavy atom. The molecule has 6 heteroatoms. The number of likely N-dealkylation sites (tertiary alicyclic amines) is 1. The molecule has 2 amide bonds. The smallest absolute Gasteiger partial charge is 0.248 e. The summed E-state index contributed by atoms with van der Waals surface area (Å²) in [7, 11) is 6.72. The van der Waals surface area contributed by atoms with Crippen molar-refractivity contribution < 1.29 is 19.1 Å². The number of hydrogen-bond donors (Lipinski definition) is 0. The molecule has 1 atom stereocenters. The summed E-state index contributed by atoms with van der Waals surface area (Å²) in [5.74, 6) is 0.814. The van der Waals surface area contributed by atoms with Gasteiger partial charge in [-0.05, 0) is 30.0 Å². The third-order valence-electron chi connectivity index (χ3n) is 5.75. The second-order valence-corrected chi connectivity index (χ2v) is 8.05. The van der Waals surface area contributed by atoms with Crippen molar-refractivity contribution in [2.24, 2.45) is 5.41 Å². The van der Waals surface area contributed by atoms with E-state index in [4.69, 9.17) is 9.47 Å². The van der Waals surface area contributed by atoms with Crippen LogP contribution in [0.4, 0.5) is 0 Å². The summed E-state index contributed by atoms with van der Waals surface area (Å²) in [6.07, 6.45) is 1.24. The number of nitrogens with zero attached hydrogens (tertiary/aromatic N) is 2. The normalized spacial score (nSPS) is 18.3. The lowest BCUT2D eigenvalue weighted by Gasteiger charge is -2.31. The SMILES string of the molecule is COCC(=O)N1CC[C@](Cc2ccc(-c3ccccc3OC)cc2)(C(=O)N(C)C)C1. The van der Waals surface area contributed by atoms with Gasteiger partial charge in [-0.1, -0.05) is 42.5 Å². The predicted octanol–water partition coefficient (Wildman–Crippen LogP) is 2.86. The number of carbonyl (C=O) groups excluding carboxylic acids is 2. The number of carbonyl (C=O) groups is 2. The molecular weight excluding hydrogens is 380 g/mol. The van der Waals surface area contributed by atoms with Gasteiger partial charge in [0, 0.05) is 39.9 Å². The molecule has 3 rings (SSSR count). The minimum Gasteiger partial charge on any atom is -0.496 e. The molecule has 1 fully saturated rings. The lowest BCUT2D eigenvalue weighted by molar-refractivity contribution is -0.140. The molecule has 1 saturated heterocycles. The number of para-hydroxylation sites is 1. The number of methoxy groups -OCH3 is 2. The third kappa shape index (κ3) is 4.49. The van der Waals surface area contributed by atoms with E-state index in [1.54, 1.807) is 31.0 Å². The first kappa shape index (κ1) is 21.8. The van der Waals surface area contributed by atoms with Crippen LogP contribution in [-0.4, -0.2) is 69.6 Å². The molecule has 0 N–H and O–H groups in total. The summed E-state index contributed by atoms with van der Waals surface area (Å²) in [6.45, 7) is 1.03. The molecule has 0 spiro atoms. The summed E-state index contributed by atoms with van der Waals surface area (Å²) < 4.78 is 10.5. The molecule has 0 radical (unpaired) electrons. The van der Waals surface area contributed by atoms with Gasteiger partial charge in [0.1, 0.15) is 12.4 Å². The van der Waals surface area contributed by atoms with Crippen LogP contribution in [0.3, 0.4) is 0 Å². The zero-order valence-corrected chi connectivity index (χ0v) is 18.2. The monoisotopic (exact) mass is 410 g/mol. The third-order valence-corrected chi connectivity index (χ3v) is 5.75. The van der Waals surface area contributed by atoms with Crippen molar-refractivity contribution in [1.29, 1.82) is 0 Å². The highest BCUT2D eigenvalue weighted by molar-refractivity contribution is 5.85. The van der Waals surface area contributed by atoms with E-state index >= 15 is 0 Å². The standard InChI is InChI=1S/C24H30N2O4/c1-25(2)23(28)24(13-14-26(17-24)22(27)16-29-3)15-18-9-11-19(12-10-18)20-7-5-6-8-21(20)30-4/h5-12H,13-17H2,1-4H3/t24-/m1/s1. The van der Waals surface area contributed by atoms with E-state index in [2.05, 4.69) is 24.3 Å². The second-order valence-electron chi connectivity index (χ2n) is 8.05. The van der Waals surface area contributed by atoms with E-state index in [9.17, 15) is 9.59 Å². The first-order valence-electron chi connectivity index (χ1n) is 10.1. The molecule has 30 heavy (non-hydrogen) atoms. The summed E-state index contributed by atoms with van der Waals surface area (Å²) in [4.78, 5) is 28.8. The number of ether oxygens (including phenoxy) is 2. The molecule has 0 aliphatic carbocycles. The van der Waals surface area contributed by atoms with Crippen molar-refractivity contribution in [1.82, 2.24) is 9.80 Å². The molecule has 1 aliphatic rings. The fraction of sp³-hybridized carbons (Fsp3) is 0.417. The van der Waals surface area contributed by atoms with Crippen molar-refractivity contribution in [3.63, 3.8) is 0 Å². The minimum atomic E-state index is -0.612. The van der Waals surface area contributed by atoms with E-state index < -0.39 is 5.41 Å². The van der Waals surface area contributed by atoms with Crippen molar-refractivity contribution in [2.75, 3.05) is 48.0 Å². The van der Waals surface area contributed by atoms with E-state index in [1.807, 2.05) is 24.3 Å². The molecule has 0 aromatic heterocycles. The van der Waals surface area contributed by atoms with Crippen LogP contribution in [0, 0.1) is 5.41 Å². The molecule has 160 valence electrons. The van der Waals surface area contributed by atoms with Gasteiger partial charge in [0.25, 0.3) is 0 Å². The van der Waals surface area contributed by atoms with E-state index in [1.165, 1.54) is 7.11 Å². The van der Waals surface area contributed by atoms with Crippen LogP contribution in [0.2, 0.25) is 0 Å². The molecule has 1 aliphatic heterocycles. The van der Waals surface area contributed by atoms with Crippen LogP contribution < -0.4 is 4.74 Å². The summed E-state index contributed by atoms with van der Waals surface area (Å²) in [6, 6.07) is 16.1. The zero-order valence-electron chi connectivity index (χ0n) is 18.2. The van der Waals surface area contributed by atoms with Crippen molar-refractivity contribution in [3.8, 4) is 16.9 Å². The Morgan fingerprint density at radius 3 is 2.40 bits per heavy atom. The molecule has 2 aromatic rings. The largest absolute Gasteiger partial charge is 0.496 e. The molecule has 1 heterocycles. The van der Waals surface area contributed by atoms with Crippen LogP contribution in [0.5, 0.6) is 5.75 Å². The number of rotatable bonds is 7. The fourth-order valence-corrected chi connectivity index (χ4v) is 4.24. The summed E-state index contributed by atoms with van der Waals surface area (Å²) in [5, 5.41) is 0. The lowest BCUT2D eigenvalue weighted by atomic mass is 9.79. The number of amides is 2. The average Bonchev–Trinajstić information content (AvgIpc) is 3.19. The van der Waals surface area contributed by atoms with Crippen molar-refractivity contribution in [2.45, 2.75) is 12.8 Å². The number of hydrogen-bond acceptors (Lipinski definition) is 4. The van der Waals surface area contributed by atoms with Gasteiger partial charge in [-0.3, -0.25) is 9.59 Å². The maximum absolute atomic E-state index is 13.1. The predicted molar refractivity (Wildman–Crippen MR) is 116 cm³/mol. The van der Waals surface area contributed by atoms with E-state index in [0.29, 0.717) is 25.9 Å². The van der Waals surface area contributed by atoms with Gasteiger partial charge in [-0.15, -0.1) is 0 Å². The van der Waals surface area contributed by atoms with Crippen molar-refractivity contribution >= 4 is 11.8 Å². The van der Waals surface area contributed by atoms with E-state index in [-0.39, 0.29) is 18.4 Å². The Hall–Kier alpha value is -2.86. The maximum Gasteiger partial charge on any atom is 0.248 e. The van der Waals surface area contributed by atoms with Gasteiger partial charge in [0.05, 0.1) is 12.5 Å². The van der Waals surface area contributed by atoms with E-state index in [0.717, 1.165) is 22.4 Å². The van der Waals surface area contributed by atoms with Crippen LogP contribution in [0.25, 0.3) is 11.1 Å². The summed E-state index contributed by atoms with van der Waals surface area (Å²) in [5.41, 5.74) is 2.55. The van der Waals surface area contributed by atoms with Gasteiger partial charge < -0.3 is 19.3 Å². The van der Waals surface area contributed by atoms with Gasteiger partial charge in [-0.25, -0.2) is 0 Å². The fourth-order valence-electron chi connectivity index (χ4n) is 4.24. The molecule has 0 saturated carbocycles.